The van der Waals surface area contributed by atoms with E-state index in [1.807, 2.05) is 6.07 Å². The maximum Gasteiger partial charge on any atom is 0.337 e. The molecule has 3 N–H and O–H groups in total. The second-order valence-corrected chi connectivity index (χ2v) is 21.3. The number of rotatable bonds is 4. The van der Waals surface area contributed by atoms with Gasteiger partial charge in [0.2, 0.25) is 5.91 Å². The predicted molar refractivity (Wildman–Crippen MR) is 205 cm³/mol. The molecule has 3 fully saturated rings. The van der Waals surface area contributed by atoms with E-state index in [9.17, 15) is 23.1 Å². The first-order valence-corrected chi connectivity index (χ1v) is 21.0. The summed E-state index contributed by atoms with van der Waals surface area (Å²) in [6.45, 7) is 16.8. The molecule has 0 unspecified atom stereocenters. The first-order chi connectivity index (χ1) is 24.2. The Hall–Kier alpha value is -3.10. The molecule has 1 heterocycles. The van der Waals surface area contributed by atoms with Crippen molar-refractivity contribution in [3.63, 3.8) is 0 Å². The number of aromatic nitrogens is 1. The quantitative estimate of drug-likeness (QED) is 0.230. The molecule has 7 nitrogen and oxygen atoms in total. The zero-order valence-corrected chi connectivity index (χ0v) is 33.2. The number of halogens is 1. The van der Waals surface area contributed by atoms with Crippen molar-refractivity contribution < 1.29 is 23.1 Å². The number of fused-ring (bicyclic) bond motifs is 10. The van der Waals surface area contributed by atoms with Gasteiger partial charge >= 0.3 is 5.97 Å². The summed E-state index contributed by atoms with van der Waals surface area (Å²) >= 11 is 6.05. The van der Waals surface area contributed by atoms with E-state index in [1.165, 1.54) is 41.1 Å². The number of aromatic carboxylic acids is 1. The number of hydrogen-bond donors (Lipinski definition) is 3. The molecule has 2 aromatic carbocycles. The van der Waals surface area contributed by atoms with Gasteiger partial charge in [-0.05, 0) is 133 Å². The molecule has 7 atom stereocenters. The molecule has 3 saturated carbocycles. The normalized spacial score (nSPS) is 35.9. The molecule has 5 aliphatic rings. The second-order valence-electron chi connectivity index (χ2n) is 19.2. The summed E-state index contributed by atoms with van der Waals surface area (Å²) in [4.78, 5) is 30.5. The number of sulfonamides is 1. The van der Waals surface area contributed by atoms with Gasteiger partial charge in [0, 0.05) is 21.5 Å². The fraction of sp³-hybridized carbons (Fsp3) is 0.581. The third-order valence-electron chi connectivity index (χ3n) is 16.0. The van der Waals surface area contributed by atoms with Crippen LogP contribution in [-0.4, -0.2) is 30.4 Å². The van der Waals surface area contributed by atoms with Gasteiger partial charge in [-0.3, -0.25) is 4.79 Å². The van der Waals surface area contributed by atoms with Crippen LogP contribution < -0.4 is 4.72 Å². The highest BCUT2D eigenvalue weighted by atomic mass is 35.5. The Morgan fingerprint density at radius 3 is 2.29 bits per heavy atom. The number of carbonyl (C=O) groups is 2. The van der Waals surface area contributed by atoms with Crippen LogP contribution in [0.15, 0.2) is 59.0 Å². The minimum Gasteiger partial charge on any atom is -0.478 e. The summed E-state index contributed by atoms with van der Waals surface area (Å²) in [5.41, 5.74) is 3.72. The summed E-state index contributed by atoms with van der Waals surface area (Å²) in [5, 5.41) is 11.5. The molecule has 0 saturated heterocycles. The molecule has 278 valence electrons. The molecular formula is C43H53ClN2O5S. The SMILES string of the molecule is CC1(C)CC[C@]2(C(=O)NS(=O)(=O)c3ccc(Cl)cc3)CC[C@]3(C)C(=CC[C@@H]4[C@@]5(C)Cc6c([nH]c7c(C(=O)O)cccc67)C(C)(C)[C@@H]5CC[C@]43C)[C@@H]2C1. The van der Waals surface area contributed by atoms with E-state index in [-0.39, 0.29) is 43.8 Å². The van der Waals surface area contributed by atoms with Crippen LogP contribution in [0, 0.1) is 44.8 Å². The lowest BCUT2D eigenvalue weighted by Gasteiger charge is -2.70. The molecule has 1 aromatic heterocycles. The fourth-order valence-electron chi connectivity index (χ4n) is 13.1. The number of amides is 1. The topological polar surface area (TPSA) is 116 Å². The molecule has 5 aliphatic carbocycles. The van der Waals surface area contributed by atoms with Crippen LogP contribution in [-0.2, 0) is 26.7 Å². The van der Waals surface area contributed by atoms with Crippen molar-refractivity contribution in [3.05, 3.63) is 76.0 Å². The van der Waals surface area contributed by atoms with Gasteiger partial charge in [0.25, 0.3) is 10.0 Å². The lowest BCUT2D eigenvalue weighted by molar-refractivity contribution is -0.166. The Balaban J connectivity index is 1.20. The second kappa shape index (κ2) is 11.2. The average Bonchev–Trinajstić information content (AvgIpc) is 3.43. The zero-order valence-electron chi connectivity index (χ0n) is 31.6. The highest BCUT2D eigenvalue weighted by Crippen LogP contribution is 2.75. The van der Waals surface area contributed by atoms with Crippen LogP contribution in [0.5, 0.6) is 0 Å². The number of benzene rings is 2. The Bertz CT molecular complexity index is 2170. The number of allylic oxidation sites excluding steroid dienone is 2. The van der Waals surface area contributed by atoms with Crippen molar-refractivity contribution in [1.29, 1.82) is 0 Å². The highest BCUT2D eigenvalue weighted by molar-refractivity contribution is 7.90. The van der Waals surface area contributed by atoms with Gasteiger partial charge in [-0.15, -0.1) is 0 Å². The number of aromatic amines is 1. The number of carbonyl (C=O) groups excluding carboxylic acids is 1. The predicted octanol–water partition coefficient (Wildman–Crippen LogP) is 9.84. The Labute approximate surface area is 313 Å². The summed E-state index contributed by atoms with van der Waals surface area (Å²) in [6, 6.07) is 11.6. The summed E-state index contributed by atoms with van der Waals surface area (Å²) < 4.78 is 29.7. The van der Waals surface area contributed by atoms with Crippen LogP contribution in [0.25, 0.3) is 10.9 Å². The maximum absolute atomic E-state index is 14.6. The van der Waals surface area contributed by atoms with E-state index in [2.05, 4.69) is 70.3 Å². The molecule has 1 amide bonds. The molecule has 0 radical (unpaired) electrons. The maximum atomic E-state index is 14.6. The number of hydrogen-bond acceptors (Lipinski definition) is 4. The van der Waals surface area contributed by atoms with Crippen LogP contribution in [0.4, 0.5) is 0 Å². The van der Waals surface area contributed by atoms with Crippen molar-refractivity contribution in [2.45, 2.75) is 117 Å². The van der Waals surface area contributed by atoms with Crippen LogP contribution in [0.2, 0.25) is 5.02 Å². The van der Waals surface area contributed by atoms with Crippen LogP contribution >= 0.6 is 11.6 Å². The van der Waals surface area contributed by atoms with Gasteiger partial charge < -0.3 is 10.1 Å². The van der Waals surface area contributed by atoms with E-state index < -0.39 is 21.4 Å². The lowest BCUT2D eigenvalue weighted by atomic mass is 9.33. The first kappa shape index (κ1) is 35.9. The van der Waals surface area contributed by atoms with Crippen LogP contribution in [0.3, 0.4) is 0 Å². The summed E-state index contributed by atoms with van der Waals surface area (Å²) in [6.07, 6.45) is 10.3. The number of carboxylic acid groups (broad SMARTS) is 1. The number of para-hydroxylation sites is 1. The largest absolute Gasteiger partial charge is 0.478 e. The Morgan fingerprint density at radius 1 is 0.904 bits per heavy atom. The van der Waals surface area contributed by atoms with Crippen molar-refractivity contribution in [3.8, 4) is 0 Å². The van der Waals surface area contributed by atoms with Gasteiger partial charge in [0.05, 0.1) is 21.4 Å². The highest BCUT2D eigenvalue weighted by Gasteiger charge is 2.69. The molecule has 3 aromatic rings. The minimum atomic E-state index is -4.07. The fourth-order valence-corrected chi connectivity index (χ4v) is 14.3. The summed E-state index contributed by atoms with van der Waals surface area (Å²) in [5.74, 6) is -0.528. The standard InChI is InChI=1S/C43H53ClN2O5S/c1-38(2)19-21-43(37(49)46-52(50,51)26-13-11-25(44)12-14-26)22-20-41(6)30(31(43)24-38)15-16-33-40(5)23-29-27-9-8-10-28(36(47)48)34(27)45-35(29)39(3,4)32(40)17-18-42(33,41)7/h8-15,31-33,45H,16-24H2,1-7H3,(H,46,49)(H,47,48)/t31-,32-,33+,40-,41+,42+,43-/m0/s1. The monoisotopic (exact) mass is 744 g/mol. The average molecular weight is 745 g/mol. The van der Waals surface area contributed by atoms with Gasteiger partial charge in [0.15, 0.2) is 0 Å². The first-order valence-electron chi connectivity index (χ1n) is 19.1. The number of carboxylic acids is 1. The lowest BCUT2D eigenvalue weighted by Crippen LogP contribution is -2.65. The van der Waals surface area contributed by atoms with Crippen molar-refractivity contribution in [2.75, 3.05) is 0 Å². The Kier molecular flexibility index (Phi) is 7.75. The van der Waals surface area contributed by atoms with Gasteiger partial charge in [-0.1, -0.05) is 83.8 Å². The van der Waals surface area contributed by atoms with Gasteiger partial charge in [0.1, 0.15) is 0 Å². The zero-order chi connectivity index (χ0) is 37.4. The van der Waals surface area contributed by atoms with Crippen molar-refractivity contribution in [1.82, 2.24) is 9.71 Å². The molecule has 0 bridgehead atoms. The number of H-pyrrole nitrogens is 1. The summed E-state index contributed by atoms with van der Waals surface area (Å²) in [7, 11) is -4.07. The smallest absolute Gasteiger partial charge is 0.337 e. The third kappa shape index (κ3) is 4.77. The molecule has 52 heavy (non-hydrogen) atoms. The minimum absolute atomic E-state index is 0.0257. The van der Waals surface area contributed by atoms with Gasteiger partial charge in [-0.25, -0.2) is 17.9 Å². The van der Waals surface area contributed by atoms with Gasteiger partial charge in [-0.2, -0.15) is 0 Å². The molecule has 0 aliphatic heterocycles. The van der Waals surface area contributed by atoms with E-state index in [0.29, 0.717) is 35.3 Å². The van der Waals surface area contributed by atoms with Crippen LogP contribution in [0.1, 0.15) is 121 Å². The molecular weight excluding hydrogens is 692 g/mol. The molecule has 8 rings (SSSR count). The third-order valence-corrected chi connectivity index (χ3v) is 17.5. The molecule has 0 spiro atoms. The van der Waals surface area contributed by atoms with E-state index >= 15 is 0 Å². The van der Waals surface area contributed by atoms with E-state index in [4.69, 9.17) is 11.6 Å². The van der Waals surface area contributed by atoms with E-state index in [0.717, 1.165) is 55.8 Å². The molecule has 9 heteroatoms. The Morgan fingerprint density at radius 2 is 1.60 bits per heavy atom. The number of nitrogens with one attached hydrogen (secondary N) is 2. The van der Waals surface area contributed by atoms with Crippen molar-refractivity contribution >= 4 is 44.4 Å². The van der Waals surface area contributed by atoms with E-state index in [1.54, 1.807) is 6.07 Å². The van der Waals surface area contributed by atoms with Crippen molar-refractivity contribution in [2.24, 2.45) is 44.8 Å².